The summed E-state index contributed by atoms with van der Waals surface area (Å²) in [5.41, 5.74) is -0.0264. The van der Waals surface area contributed by atoms with E-state index in [4.69, 9.17) is 10.00 Å². The SMILES string of the molecule is Cc1c(Oc2cccc(F)c2C#N)cccc1[N+](=O)[O-]. The first-order valence-electron chi connectivity index (χ1n) is 5.65. The zero-order valence-corrected chi connectivity index (χ0v) is 10.5. The third-order valence-electron chi connectivity index (χ3n) is 2.76. The molecular formula is C14H9FN2O3. The predicted octanol–water partition coefficient (Wildman–Crippen LogP) is 3.71. The average Bonchev–Trinajstić information content (AvgIpc) is 2.41. The summed E-state index contributed by atoms with van der Waals surface area (Å²) >= 11 is 0. The van der Waals surface area contributed by atoms with Crippen molar-refractivity contribution in [2.24, 2.45) is 0 Å². The van der Waals surface area contributed by atoms with E-state index in [-0.39, 0.29) is 22.7 Å². The number of hydrogen-bond donors (Lipinski definition) is 0. The molecule has 0 heterocycles. The molecule has 0 spiro atoms. The van der Waals surface area contributed by atoms with Crippen LogP contribution in [0.25, 0.3) is 0 Å². The maximum Gasteiger partial charge on any atom is 0.276 e. The molecule has 100 valence electrons. The van der Waals surface area contributed by atoms with E-state index in [1.807, 2.05) is 0 Å². The molecule has 0 aliphatic heterocycles. The molecule has 2 aromatic carbocycles. The van der Waals surface area contributed by atoms with Crippen LogP contribution in [0.5, 0.6) is 11.5 Å². The van der Waals surface area contributed by atoms with Crippen molar-refractivity contribution in [3.05, 3.63) is 63.5 Å². The third kappa shape index (κ3) is 2.42. The molecule has 0 saturated carbocycles. The van der Waals surface area contributed by atoms with Crippen LogP contribution in [0.1, 0.15) is 11.1 Å². The molecule has 0 aliphatic carbocycles. The number of hydrogen-bond acceptors (Lipinski definition) is 4. The number of halogens is 1. The first-order chi connectivity index (χ1) is 9.54. The van der Waals surface area contributed by atoms with E-state index in [2.05, 4.69) is 0 Å². The smallest absolute Gasteiger partial charge is 0.276 e. The quantitative estimate of drug-likeness (QED) is 0.630. The van der Waals surface area contributed by atoms with Crippen LogP contribution in [-0.4, -0.2) is 4.92 Å². The second kappa shape index (κ2) is 5.36. The Bertz CT molecular complexity index is 723. The highest BCUT2D eigenvalue weighted by Crippen LogP contribution is 2.32. The molecule has 0 aliphatic rings. The van der Waals surface area contributed by atoms with Gasteiger partial charge in [-0.25, -0.2) is 4.39 Å². The number of rotatable bonds is 3. The number of ether oxygens (including phenoxy) is 1. The third-order valence-corrected chi connectivity index (χ3v) is 2.76. The van der Waals surface area contributed by atoms with Crippen LogP contribution in [-0.2, 0) is 0 Å². The highest BCUT2D eigenvalue weighted by molar-refractivity contribution is 5.52. The zero-order valence-electron chi connectivity index (χ0n) is 10.5. The Balaban J connectivity index is 2.47. The Hall–Kier alpha value is -2.94. The van der Waals surface area contributed by atoms with Crippen molar-refractivity contribution < 1.29 is 14.1 Å². The molecule has 0 fully saturated rings. The number of nitriles is 1. The van der Waals surface area contributed by atoms with Crippen molar-refractivity contribution in [1.82, 2.24) is 0 Å². The number of nitrogens with zero attached hydrogens (tertiary/aromatic N) is 2. The Kier molecular flexibility index (Phi) is 3.62. The number of benzene rings is 2. The lowest BCUT2D eigenvalue weighted by Crippen LogP contribution is -1.96. The minimum atomic E-state index is -0.701. The summed E-state index contributed by atoms with van der Waals surface area (Å²) in [6, 6.07) is 10.0. The molecule has 0 N–H and O–H groups in total. The Morgan fingerprint density at radius 1 is 1.25 bits per heavy atom. The van der Waals surface area contributed by atoms with Gasteiger partial charge in [0.05, 0.1) is 10.5 Å². The lowest BCUT2D eigenvalue weighted by molar-refractivity contribution is -0.385. The maximum absolute atomic E-state index is 13.5. The maximum atomic E-state index is 13.5. The first kappa shape index (κ1) is 13.5. The Labute approximate surface area is 114 Å². The van der Waals surface area contributed by atoms with Gasteiger partial charge in [-0.3, -0.25) is 10.1 Å². The number of nitro benzene ring substituents is 1. The van der Waals surface area contributed by atoms with Gasteiger partial charge in [0.15, 0.2) is 0 Å². The van der Waals surface area contributed by atoms with Gasteiger partial charge in [-0.05, 0) is 25.1 Å². The molecule has 0 aromatic heterocycles. The highest BCUT2D eigenvalue weighted by atomic mass is 19.1. The Morgan fingerprint density at radius 2 is 1.90 bits per heavy atom. The topological polar surface area (TPSA) is 76.2 Å². The molecule has 2 rings (SSSR count). The molecule has 2 aromatic rings. The van der Waals surface area contributed by atoms with Gasteiger partial charge < -0.3 is 4.74 Å². The molecular weight excluding hydrogens is 263 g/mol. The second-order valence-corrected chi connectivity index (χ2v) is 3.98. The standard InChI is InChI=1S/C14H9FN2O3/c1-9-12(17(18)19)5-3-6-13(9)20-14-7-2-4-11(15)10(14)8-16/h2-7H,1H3. The lowest BCUT2D eigenvalue weighted by Gasteiger charge is -2.10. The zero-order chi connectivity index (χ0) is 14.7. The Morgan fingerprint density at radius 3 is 2.55 bits per heavy atom. The van der Waals surface area contributed by atoms with Crippen molar-refractivity contribution in [3.63, 3.8) is 0 Å². The van der Waals surface area contributed by atoms with E-state index in [1.54, 1.807) is 6.07 Å². The minimum absolute atomic E-state index is 0.0242. The van der Waals surface area contributed by atoms with E-state index in [0.717, 1.165) is 6.07 Å². The minimum Gasteiger partial charge on any atom is -0.455 e. The van der Waals surface area contributed by atoms with Gasteiger partial charge in [-0.1, -0.05) is 12.1 Å². The first-order valence-corrected chi connectivity index (χ1v) is 5.65. The van der Waals surface area contributed by atoms with E-state index in [0.29, 0.717) is 5.56 Å². The molecule has 6 heteroatoms. The van der Waals surface area contributed by atoms with Crippen LogP contribution in [0.4, 0.5) is 10.1 Å². The fraction of sp³-hybridized carbons (Fsp3) is 0.0714. The highest BCUT2D eigenvalue weighted by Gasteiger charge is 2.16. The average molecular weight is 272 g/mol. The van der Waals surface area contributed by atoms with E-state index >= 15 is 0 Å². The monoisotopic (exact) mass is 272 g/mol. The molecule has 0 amide bonds. The largest absolute Gasteiger partial charge is 0.455 e. The fourth-order valence-corrected chi connectivity index (χ4v) is 1.73. The van der Waals surface area contributed by atoms with E-state index in [9.17, 15) is 14.5 Å². The second-order valence-electron chi connectivity index (χ2n) is 3.98. The van der Waals surface area contributed by atoms with Crippen LogP contribution < -0.4 is 4.74 Å². The molecule has 5 nitrogen and oxygen atoms in total. The van der Waals surface area contributed by atoms with Crippen molar-refractivity contribution >= 4 is 5.69 Å². The molecule has 20 heavy (non-hydrogen) atoms. The van der Waals surface area contributed by atoms with Crippen molar-refractivity contribution in [1.29, 1.82) is 5.26 Å². The van der Waals surface area contributed by atoms with Gasteiger partial charge in [-0.2, -0.15) is 5.26 Å². The van der Waals surface area contributed by atoms with E-state index in [1.165, 1.54) is 37.3 Å². The summed E-state index contributed by atoms with van der Waals surface area (Å²) < 4.78 is 18.9. The lowest BCUT2D eigenvalue weighted by atomic mass is 10.1. The molecule has 0 bridgehead atoms. The van der Waals surface area contributed by atoms with Crippen LogP contribution in [0, 0.1) is 34.2 Å². The van der Waals surface area contributed by atoms with Crippen LogP contribution in [0.15, 0.2) is 36.4 Å². The van der Waals surface area contributed by atoms with Crippen LogP contribution in [0.2, 0.25) is 0 Å². The van der Waals surface area contributed by atoms with Gasteiger partial charge in [0, 0.05) is 6.07 Å². The number of nitro groups is 1. The predicted molar refractivity (Wildman–Crippen MR) is 69.0 cm³/mol. The van der Waals surface area contributed by atoms with Crippen LogP contribution in [0.3, 0.4) is 0 Å². The molecule has 0 radical (unpaired) electrons. The molecule has 0 unspecified atom stereocenters. The van der Waals surface area contributed by atoms with Crippen LogP contribution >= 0.6 is 0 Å². The summed E-state index contributed by atoms with van der Waals surface area (Å²) in [5, 5.41) is 19.8. The van der Waals surface area contributed by atoms with E-state index < -0.39 is 10.7 Å². The summed E-state index contributed by atoms with van der Waals surface area (Å²) in [4.78, 5) is 10.3. The van der Waals surface area contributed by atoms with Crippen molar-refractivity contribution in [2.75, 3.05) is 0 Å². The van der Waals surface area contributed by atoms with Crippen molar-refractivity contribution in [2.45, 2.75) is 6.92 Å². The summed E-state index contributed by atoms with van der Waals surface area (Å²) in [5.74, 6) is -0.467. The van der Waals surface area contributed by atoms with Gasteiger partial charge in [0.1, 0.15) is 28.9 Å². The summed E-state index contributed by atoms with van der Waals surface area (Å²) in [7, 11) is 0. The van der Waals surface area contributed by atoms with Gasteiger partial charge >= 0.3 is 0 Å². The van der Waals surface area contributed by atoms with Gasteiger partial charge in [0.25, 0.3) is 5.69 Å². The normalized spacial score (nSPS) is 9.85. The summed E-state index contributed by atoms with van der Waals surface area (Å²) in [6.07, 6.45) is 0. The molecule has 0 saturated heterocycles. The van der Waals surface area contributed by atoms with Crippen molar-refractivity contribution in [3.8, 4) is 17.6 Å². The summed E-state index contributed by atoms with van der Waals surface area (Å²) in [6.45, 7) is 1.53. The van der Waals surface area contributed by atoms with Gasteiger partial charge in [0.2, 0.25) is 0 Å². The fourth-order valence-electron chi connectivity index (χ4n) is 1.73. The van der Waals surface area contributed by atoms with Gasteiger partial charge in [-0.15, -0.1) is 0 Å². The molecule has 0 atom stereocenters.